The first-order valence-electron chi connectivity index (χ1n) is 5.97. The molecule has 1 aromatic carbocycles. The van der Waals surface area contributed by atoms with Crippen molar-refractivity contribution in [3.63, 3.8) is 0 Å². The van der Waals surface area contributed by atoms with Crippen molar-refractivity contribution in [3.05, 3.63) is 35.9 Å². The van der Waals surface area contributed by atoms with Gasteiger partial charge in [-0.15, -0.1) is 0 Å². The van der Waals surface area contributed by atoms with Crippen LogP contribution in [-0.2, 0) is 9.53 Å². The molecule has 0 saturated heterocycles. The highest BCUT2D eigenvalue weighted by molar-refractivity contribution is 5.73. The van der Waals surface area contributed by atoms with Gasteiger partial charge in [-0.05, 0) is 18.4 Å². The van der Waals surface area contributed by atoms with Crippen LogP contribution in [0.3, 0.4) is 0 Å². The summed E-state index contributed by atoms with van der Waals surface area (Å²) in [5.74, 6) is -0.819. The smallest absolute Gasteiger partial charge is 0.312 e. The van der Waals surface area contributed by atoms with Gasteiger partial charge in [0.1, 0.15) is 0 Å². The van der Waals surface area contributed by atoms with Gasteiger partial charge in [0.2, 0.25) is 0 Å². The predicted molar refractivity (Wildman–Crippen MR) is 66.4 cm³/mol. The topological polar surface area (TPSA) is 46.5 Å². The molecule has 3 heteroatoms. The zero-order valence-electron chi connectivity index (χ0n) is 10.6. The van der Waals surface area contributed by atoms with Crippen LogP contribution in [-0.4, -0.2) is 17.7 Å². The summed E-state index contributed by atoms with van der Waals surface area (Å²) in [5, 5.41) is 10.2. The van der Waals surface area contributed by atoms with Crippen LogP contribution in [0.1, 0.15) is 32.4 Å². The van der Waals surface area contributed by atoms with Gasteiger partial charge in [-0.2, -0.15) is 0 Å². The summed E-state index contributed by atoms with van der Waals surface area (Å²) in [6.07, 6.45) is -0.810. The van der Waals surface area contributed by atoms with Crippen molar-refractivity contribution in [2.75, 3.05) is 6.61 Å². The molecule has 1 aromatic rings. The number of aliphatic hydroxyl groups excluding tert-OH is 1. The monoisotopic (exact) mass is 236 g/mol. The normalized spacial score (nSPS) is 14.4. The Morgan fingerprint density at radius 1 is 1.29 bits per heavy atom. The largest absolute Gasteiger partial charge is 0.466 e. The maximum absolute atomic E-state index is 11.8. The summed E-state index contributed by atoms with van der Waals surface area (Å²) in [6, 6.07) is 9.21. The van der Waals surface area contributed by atoms with Crippen molar-refractivity contribution in [2.45, 2.75) is 26.9 Å². The van der Waals surface area contributed by atoms with Crippen molar-refractivity contribution in [1.29, 1.82) is 0 Å². The maximum atomic E-state index is 11.8. The highest BCUT2D eigenvalue weighted by Crippen LogP contribution is 2.29. The Bertz CT molecular complexity index is 346. The molecular formula is C14H20O3. The Labute approximate surface area is 102 Å². The van der Waals surface area contributed by atoms with E-state index in [-0.39, 0.29) is 11.9 Å². The summed E-state index contributed by atoms with van der Waals surface area (Å²) in [4.78, 5) is 11.8. The lowest BCUT2D eigenvalue weighted by atomic mass is 9.86. The van der Waals surface area contributed by atoms with E-state index in [1.807, 2.05) is 44.2 Å². The molecule has 0 saturated carbocycles. The SMILES string of the molecule is CCOC(=O)[C@H](C(C)C)[C@@H](O)c1ccccc1. The Kier molecular flexibility index (Phi) is 5.16. The molecule has 0 aromatic heterocycles. The first kappa shape index (κ1) is 13.7. The van der Waals surface area contributed by atoms with Crippen molar-refractivity contribution >= 4 is 5.97 Å². The van der Waals surface area contributed by atoms with E-state index in [2.05, 4.69) is 0 Å². The maximum Gasteiger partial charge on any atom is 0.312 e. The van der Waals surface area contributed by atoms with Crippen molar-refractivity contribution in [2.24, 2.45) is 11.8 Å². The lowest BCUT2D eigenvalue weighted by Crippen LogP contribution is -2.29. The first-order chi connectivity index (χ1) is 8.07. The molecule has 0 unspecified atom stereocenters. The van der Waals surface area contributed by atoms with Gasteiger partial charge >= 0.3 is 5.97 Å². The second-order valence-electron chi connectivity index (χ2n) is 4.38. The fraction of sp³-hybridized carbons (Fsp3) is 0.500. The van der Waals surface area contributed by atoms with Crippen LogP contribution in [0.5, 0.6) is 0 Å². The molecule has 0 aliphatic heterocycles. The van der Waals surface area contributed by atoms with Gasteiger partial charge < -0.3 is 9.84 Å². The summed E-state index contributed by atoms with van der Waals surface area (Å²) in [7, 11) is 0. The minimum Gasteiger partial charge on any atom is -0.466 e. The van der Waals surface area contributed by atoms with Gasteiger partial charge in [0, 0.05) is 0 Å². The third kappa shape index (κ3) is 3.56. The molecule has 0 aliphatic rings. The molecule has 0 heterocycles. The summed E-state index contributed by atoms with van der Waals surface area (Å²) in [6.45, 7) is 5.93. The number of rotatable bonds is 5. The molecule has 0 fully saturated rings. The zero-order valence-corrected chi connectivity index (χ0v) is 10.6. The van der Waals surface area contributed by atoms with E-state index in [1.54, 1.807) is 6.92 Å². The van der Waals surface area contributed by atoms with E-state index in [1.165, 1.54) is 0 Å². The number of hydrogen-bond donors (Lipinski definition) is 1. The van der Waals surface area contributed by atoms with E-state index < -0.39 is 12.0 Å². The first-order valence-corrected chi connectivity index (χ1v) is 5.97. The van der Waals surface area contributed by atoms with Crippen LogP contribution in [0.4, 0.5) is 0 Å². The van der Waals surface area contributed by atoms with Crippen LogP contribution in [0, 0.1) is 11.8 Å². The third-order valence-electron chi connectivity index (χ3n) is 2.76. The second-order valence-corrected chi connectivity index (χ2v) is 4.38. The Hall–Kier alpha value is -1.35. The van der Waals surface area contributed by atoms with E-state index in [0.717, 1.165) is 5.56 Å². The van der Waals surface area contributed by atoms with Crippen LogP contribution in [0.25, 0.3) is 0 Å². The average Bonchev–Trinajstić information content (AvgIpc) is 2.30. The minimum atomic E-state index is -0.810. The highest BCUT2D eigenvalue weighted by atomic mass is 16.5. The number of esters is 1. The number of carbonyl (C=O) groups is 1. The van der Waals surface area contributed by atoms with E-state index in [9.17, 15) is 9.90 Å². The standard InChI is InChI=1S/C14H20O3/c1-4-17-14(16)12(10(2)3)13(15)11-8-6-5-7-9-11/h5-10,12-13,15H,4H2,1-3H3/t12-,13+/m1/s1. The molecule has 2 atom stereocenters. The molecule has 1 N–H and O–H groups in total. The van der Waals surface area contributed by atoms with E-state index in [0.29, 0.717) is 6.61 Å². The zero-order chi connectivity index (χ0) is 12.8. The number of carbonyl (C=O) groups excluding carboxylic acids is 1. The van der Waals surface area contributed by atoms with Gasteiger partial charge in [-0.25, -0.2) is 0 Å². The molecule has 0 radical (unpaired) electrons. The van der Waals surface area contributed by atoms with Gasteiger partial charge in [0.15, 0.2) is 0 Å². The Balaban J connectivity index is 2.88. The molecule has 0 bridgehead atoms. The fourth-order valence-electron chi connectivity index (χ4n) is 1.86. The Morgan fingerprint density at radius 2 is 1.88 bits per heavy atom. The van der Waals surface area contributed by atoms with Gasteiger partial charge in [0.05, 0.1) is 18.6 Å². The molecule has 94 valence electrons. The lowest BCUT2D eigenvalue weighted by molar-refractivity contribution is -0.154. The van der Waals surface area contributed by atoms with Crippen molar-refractivity contribution < 1.29 is 14.6 Å². The quantitative estimate of drug-likeness (QED) is 0.799. The predicted octanol–water partition coefficient (Wildman–Crippen LogP) is 2.56. The number of aliphatic hydroxyl groups is 1. The lowest BCUT2D eigenvalue weighted by Gasteiger charge is -2.24. The fourth-order valence-corrected chi connectivity index (χ4v) is 1.86. The molecular weight excluding hydrogens is 216 g/mol. The molecule has 0 aliphatic carbocycles. The average molecular weight is 236 g/mol. The molecule has 17 heavy (non-hydrogen) atoms. The molecule has 1 rings (SSSR count). The summed E-state index contributed by atoms with van der Waals surface area (Å²) in [5.41, 5.74) is 0.749. The number of hydrogen-bond acceptors (Lipinski definition) is 3. The van der Waals surface area contributed by atoms with Crippen LogP contribution in [0.2, 0.25) is 0 Å². The van der Waals surface area contributed by atoms with E-state index >= 15 is 0 Å². The van der Waals surface area contributed by atoms with Gasteiger partial charge in [0.25, 0.3) is 0 Å². The highest BCUT2D eigenvalue weighted by Gasteiger charge is 2.31. The van der Waals surface area contributed by atoms with Crippen LogP contribution < -0.4 is 0 Å². The minimum absolute atomic E-state index is 0.0317. The van der Waals surface area contributed by atoms with Crippen molar-refractivity contribution in [1.82, 2.24) is 0 Å². The molecule has 3 nitrogen and oxygen atoms in total. The second kappa shape index (κ2) is 6.40. The van der Waals surface area contributed by atoms with Gasteiger partial charge in [-0.1, -0.05) is 44.2 Å². The number of benzene rings is 1. The van der Waals surface area contributed by atoms with Crippen LogP contribution in [0.15, 0.2) is 30.3 Å². The van der Waals surface area contributed by atoms with Crippen molar-refractivity contribution in [3.8, 4) is 0 Å². The van der Waals surface area contributed by atoms with Crippen LogP contribution >= 0.6 is 0 Å². The number of ether oxygens (including phenoxy) is 1. The summed E-state index contributed by atoms with van der Waals surface area (Å²) < 4.78 is 5.01. The molecule has 0 spiro atoms. The third-order valence-corrected chi connectivity index (χ3v) is 2.76. The van der Waals surface area contributed by atoms with Gasteiger partial charge in [-0.3, -0.25) is 4.79 Å². The molecule has 0 amide bonds. The van der Waals surface area contributed by atoms with E-state index in [4.69, 9.17) is 4.74 Å². The Morgan fingerprint density at radius 3 is 2.35 bits per heavy atom. The summed E-state index contributed by atoms with van der Waals surface area (Å²) >= 11 is 0.